The molecule has 0 heterocycles. The van der Waals surface area contributed by atoms with E-state index >= 15 is 0 Å². The highest BCUT2D eigenvalue weighted by atomic mass is 127. The Labute approximate surface area is 61.6 Å². The molecular formula is C4H6IN3. The first kappa shape index (κ1) is 7.74. The van der Waals surface area contributed by atoms with Gasteiger partial charge in [0.05, 0.1) is 0 Å². The van der Waals surface area contributed by atoms with Crippen molar-refractivity contribution in [1.29, 1.82) is 5.41 Å². The van der Waals surface area contributed by atoms with Crippen LogP contribution in [0.5, 0.6) is 0 Å². The summed E-state index contributed by atoms with van der Waals surface area (Å²) in [7, 11) is 0. The van der Waals surface area contributed by atoms with Gasteiger partial charge in [0.15, 0.2) is 3.84 Å². The maximum absolute atomic E-state index is 6.52. The highest BCUT2D eigenvalue weighted by Gasteiger charge is 1.78. The Balaban J connectivity index is 3.79. The Kier molecular flexibility index (Phi) is 4.73. The standard InChI is InChI=1S/C4H6IN3/c1-2-7-4(5)8-3-6/h2-3,6H,1H3/b6-3?,7-2-,8-4-. The third-order valence-corrected chi connectivity index (χ3v) is 0.964. The molecule has 0 aliphatic heterocycles. The summed E-state index contributed by atoms with van der Waals surface area (Å²) >= 11 is 1.94. The Morgan fingerprint density at radius 2 is 2.38 bits per heavy atom. The Morgan fingerprint density at radius 3 is 2.75 bits per heavy atom. The highest BCUT2D eigenvalue weighted by Crippen LogP contribution is 1.88. The fourth-order valence-corrected chi connectivity index (χ4v) is 0.611. The molecule has 0 bridgehead atoms. The number of nitrogens with one attached hydrogen (secondary N) is 1. The molecule has 0 radical (unpaired) electrons. The SMILES string of the molecule is C/C=N\C(I)=N/C=N. The largest absolute Gasteiger partial charge is 0.289 e. The maximum Gasteiger partial charge on any atom is 0.191 e. The number of aliphatic imine (C=N–C) groups is 2. The Hall–Kier alpha value is -0.260. The van der Waals surface area contributed by atoms with Gasteiger partial charge in [-0.1, -0.05) is 0 Å². The lowest BCUT2D eigenvalue weighted by Gasteiger charge is -1.78. The van der Waals surface area contributed by atoms with Crippen LogP contribution in [0, 0.1) is 5.41 Å². The van der Waals surface area contributed by atoms with Crippen molar-refractivity contribution in [3.63, 3.8) is 0 Å². The summed E-state index contributed by atoms with van der Waals surface area (Å²) in [5, 5.41) is 6.52. The zero-order valence-corrected chi connectivity index (χ0v) is 6.58. The van der Waals surface area contributed by atoms with Crippen molar-refractivity contribution >= 4 is 39.0 Å². The van der Waals surface area contributed by atoms with Crippen molar-refractivity contribution in [2.45, 2.75) is 6.92 Å². The van der Waals surface area contributed by atoms with E-state index in [2.05, 4.69) is 9.98 Å². The molecule has 1 N–H and O–H groups in total. The van der Waals surface area contributed by atoms with Gasteiger partial charge in [0.25, 0.3) is 0 Å². The summed E-state index contributed by atoms with van der Waals surface area (Å²) < 4.78 is 0.583. The van der Waals surface area contributed by atoms with E-state index in [1.165, 1.54) is 0 Å². The van der Waals surface area contributed by atoms with Crippen LogP contribution in [0.4, 0.5) is 0 Å². The first-order valence-corrected chi connectivity index (χ1v) is 3.10. The Bertz CT molecular complexity index is 127. The second-order valence-electron chi connectivity index (χ2n) is 0.915. The number of amidine groups is 1. The van der Waals surface area contributed by atoms with E-state index in [0.717, 1.165) is 6.34 Å². The first-order chi connectivity index (χ1) is 3.81. The summed E-state index contributed by atoms with van der Waals surface area (Å²) in [6.45, 7) is 1.80. The van der Waals surface area contributed by atoms with Crippen LogP contribution in [0.15, 0.2) is 9.98 Å². The maximum atomic E-state index is 6.52. The third kappa shape index (κ3) is 3.91. The molecule has 0 saturated carbocycles. The van der Waals surface area contributed by atoms with Crippen LogP contribution < -0.4 is 0 Å². The summed E-state index contributed by atoms with van der Waals surface area (Å²) in [4.78, 5) is 7.34. The summed E-state index contributed by atoms with van der Waals surface area (Å²) in [5.74, 6) is 0. The minimum absolute atomic E-state index is 0.583. The van der Waals surface area contributed by atoms with E-state index in [1.54, 1.807) is 13.1 Å². The smallest absolute Gasteiger partial charge is 0.191 e. The lowest BCUT2D eigenvalue weighted by molar-refractivity contribution is 1.51. The molecule has 0 fully saturated rings. The second kappa shape index (κ2) is 4.89. The average molecular weight is 223 g/mol. The monoisotopic (exact) mass is 223 g/mol. The number of halogens is 1. The van der Waals surface area contributed by atoms with E-state index in [1.807, 2.05) is 22.6 Å². The molecule has 0 rings (SSSR count). The summed E-state index contributed by atoms with van der Waals surface area (Å²) in [5.41, 5.74) is 0. The fraction of sp³-hybridized carbons (Fsp3) is 0.250. The minimum atomic E-state index is 0.583. The molecule has 0 atom stereocenters. The van der Waals surface area contributed by atoms with Crippen LogP contribution >= 0.6 is 22.6 Å². The van der Waals surface area contributed by atoms with Gasteiger partial charge in [0.1, 0.15) is 6.34 Å². The van der Waals surface area contributed by atoms with Crippen molar-refractivity contribution < 1.29 is 0 Å². The molecule has 8 heavy (non-hydrogen) atoms. The molecule has 4 heteroatoms. The van der Waals surface area contributed by atoms with Crippen LogP contribution in [-0.2, 0) is 0 Å². The van der Waals surface area contributed by atoms with Gasteiger partial charge in [0, 0.05) is 28.8 Å². The van der Waals surface area contributed by atoms with E-state index < -0.39 is 0 Å². The molecule has 0 aliphatic carbocycles. The zero-order valence-electron chi connectivity index (χ0n) is 4.43. The van der Waals surface area contributed by atoms with Gasteiger partial charge in [-0.25, -0.2) is 9.98 Å². The van der Waals surface area contributed by atoms with Gasteiger partial charge in [0.2, 0.25) is 0 Å². The lowest BCUT2D eigenvalue weighted by atomic mass is 10.9. The summed E-state index contributed by atoms with van der Waals surface area (Å²) in [6.07, 6.45) is 2.60. The normalized spacial score (nSPS) is 12.5. The van der Waals surface area contributed by atoms with E-state index in [-0.39, 0.29) is 0 Å². The van der Waals surface area contributed by atoms with Crippen LogP contribution in [0.25, 0.3) is 0 Å². The molecule has 3 nitrogen and oxygen atoms in total. The van der Waals surface area contributed by atoms with Crippen molar-refractivity contribution in [3.8, 4) is 0 Å². The molecule has 0 aromatic heterocycles. The molecule has 0 amide bonds. The van der Waals surface area contributed by atoms with Crippen LogP contribution in [0.1, 0.15) is 6.92 Å². The molecule has 0 unspecified atom stereocenters. The van der Waals surface area contributed by atoms with Crippen LogP contribution in [-0.4, -0.2) is 16.4 Å². The van der Waals surface area contributed by atoms with Gasteiger partial charge < -0.3 is 0 Å². The van der Waals surface area contributed by atoms with Gasteiger partial charge in [-0.15, -0.1) is 0 Å². The van der Waals surface area contributed by atoms with Crippen molar-refractivity contribution in [1.82, 2.24) is 0 Å². The summed E-state index contributed by atoms with van der Waals surface area (Å²) in [6, 6.07) is 0. The quantitative estimate of drug-likeness (QED) is 0.303. The average Bonchev–Trinajstić information content (AvgIpc) is 1.68. The third-order valence-electron chi connectivity index (χ3n) is 0.407. The van der Waals surface area contributed by atoms with E-state index in [9.17, 15) is 0 Å². The highest BCUT2D eigenvalue weighted by molar-refractivity contribution is 14.1. The van der Waals surface area contributed by atoms with Crippen molar-refractivity contribution in [2.24, 2.45) is 9.98 Å². The predicted octanol–water partition coefficient (Wildman–Crippen LogP) is 1.48. The predicted molar refractivity (Wildman–Crippen MR) is 44.4 cm³/mol. The molecular weight excluding hydrogens is 217 g/mol. The van der Waals surface area contributed by atoms with Crippen LogP contribution in [0.3, 0.4) is 0 Å². The molecule has 0 aliphatic rings. The van der Waals surface area contributed by atoms with E-state index in [4.69, 9.17) is 5.41 Å². The number of rotatable bonds is 1. The van der Waals surface area contributed by atoms with Crippen molar-refractivity contribution in [2.75, 3.05) is 0 Å². The fourth-order valence-electron chi connectivity index (χ4n) is 0.193. The van der Waals surface area contributed by atoms with Crippen molar-refractivity contribution in [3.05, 3.63) is 0 Å². The number of hydrogen-bond acceptors (Lipinski definition) is 1. The van der Waals surface area contributed by atoms with Crippen LogP contribution in [0.2, 0.25) is 0 Å². The Morgan fingerprint density at radius 1 is 1.75 bits per heavy atom. The van der Waals surface area contributed by atoms with Gasteiger partial charge >= 0.3 is 0 Å². The van der Waals surface area contributed by atoms with Gasteiger partial charge in [-0.05, 0) is 6.92 Å². The second-order valence-corrected chi connectivity index (χ2v) is 1.88. The zero-order chi connectivity index (χ0) is 6.41. The molecule has 0 aromatic rings. The van der Waals surface area contributed by atoms with Gasteiger partial charge in [-0.2, -0.15) is 0 Å². The van der Waals surface area contributed by atoms with Gasteiger partial charge in [-0.3, -0.25) is 5.41 Å². The molecule has 0 saturated heterocycles. The first-order valence-electron chi connectivity index (χ1n) is 2.02. The molecule has 0 spiro atoms. The minimum Gasteiger partial charge on any atom is -0.289 e. The number of nitrogens with zero attached hydrogens (tertiary/aromatic N) is 2. The molecule has 0 aromatic carbocycles. The molecule has 44 valence electrons. The lowest BCUT2D eigenvalue weighted by Crippen LogP contribution is -1.78. The van der Waals surface area contributed by atoms with E-state index in [0.29, 0.717) is 3.84 Å². The number of hydrogen-bond donors (Lipinski definition) is 1. The topological polar surface area (TPSA) is 48.6 Å².